The second kappa shape index (κ2) is 7.89. The van der Waals surface area contributed by atoms with Crippen LogP contribution in [0.3, 0.4) is 0 Å². The van der Waals surface area contributed by atoms with Gasteiger partial charge in [-0.15, -0.1) is 5.10 Å². The first kappa shape index (κ1) is 18.9. The van der Waals surface area contributed by atoms with Crippen molar-refractivity contribution >= 4 is 15.7 Å². The molecule has 148 valence electrons. The van der Waals surface area contributed by atoms with E-state index < -0.39 is 10.0 Å². The highest BCUT2D eigenvalue weighted by atomic mass is 32.2. The van der Waals surface area contributed by atoms with Crippen molar-refractivity contribution in [1.29, 1.82) is 0 Å². The Hall–Kier alpha value is -2.45. The largest absolute Gasteiger partial charge is 0.476 e. The third kappa shape index (κ3) is 4.34. The van der Waals surface area contributed by atoms with Crippen LogP contribution in [0, 0.1) is 12.8 Å². The van der Waals surface area contributed by atoms with E-state index in [0.717, 1.165) is 29.6 Å². The van der Waals surface area contributed by atoms with Crippen LogP contribution in [-0.2, 0) is 15.8 Å². The normalized spacial score (nSPS) is 16.5. The molecule has 1 aliphatic rings. The van der Waals surface area contributed by atoms with E-state index in [1.54, 1.807) is 21.2 Å². The third-order valence-electron chi connectivity index (χ3n) is 5.10. The maximum absolute atomic E-state index is 12.7. The maximum atomic E-state index is 12.7. The van der Waals surface area contributed by atoms with Crippen molar-refractivity contribution in [2.75, 3.05) is 19.7 Å². The molecule has 1 aliphatic heterocycles. The summed E-state index contributed by atoms with van der Waals surface area (Å²) < 4.78 is 34.6. The number of imidazole rings is 1. The molecular weight excluding hydrogens is 376 g/mol. The SMILES string of the molecule is Cc1cccc(CS(=O)(=O)N2CCC(COc3ccc4nccn4n3)CC2)c1. The fourth-order valence-corrected chi connectivity index (χ4v) is 5.09. The molecule has 0 atom stereocenters. The molecule has 1 aromatic carbocycles. The van der Waals surface area contributed by atoms with E-state index in [-0.39, 0.29) is 5.75 Å². The molecule has 0 aliphatic carbocycles. The van der Waals surface area contributed by atoms with Gasteiger partial charge in [-0.1, -0.05) is 29.8 Å². The van der Waals surface area contributed by atoms with Crippen molar-refractivity contribution < 1.29 is 13.2 Å². The first-order chi connectivity index (χ1) is 13.5. The van der Waals surface area contributed by atoms with Crippen LogP contribution >= 0.6 is 0 Å². The van der Waals surface area contributed by atoms with E-state index in [1.807, 2.05) is 43.3 Å². The quantitative estimate of drug-likeness (QED) is 0.636. The van der Waals surface area contributed by atoms with Gasteiger partial charge in [0.25, 0.3) is 0 Å². The molecular formula is C20H24N4O3S. The number of aromatic nitrogens is 3. The Morgan fingerprint density at radius 1 is 1.18 bits per heavy atom. The molecule has 0 bridgehead atoms. The zero-order chi connectivity index (χ0) is 19.6. The van der Waals surface area contributed by atoms with Gasteiger partial charge in [0.2, 0.25) is 15.9 Å². The molecule has 3 aromatic rings. The predicted molar refractivity (Wildman–Crippen MR) is 107 cm³/mol. The number of nitrogens with zero attached hydrogens (tertiary/aromatic N) is 4. The molecule has 3 heterocycles. The van der Waals surface area contributed by atoms with Gasteiger partial charge in [0.05, 0.1) is 12.4 Å². The van der Waals surface area contributed by atoms with Crippen LogP contribution in [0.2, 0.25) is 0 Å². The summed E-state index contributed by atoms with van der Waals surface area (Å²) >= 11 is 0. The molecule has 1 saturated heterocycles. The summed E-state index contributed by atoms with van der Waals surface area (Å²) in [6.45, 7) is 3.59. The van der Waals surface area contributed by atoms with Crippen molar-refractivity contribution in [2.24, 2.45) is 5.92 Å². The Morgan fingerprint density at radius 2 is 2.00 bits per heavy atom. The number of hydrogen-bond donors (Lipinski definition) is 0. The summed E-state index contributed by atoms with van der Waals surface area (Å²) in [4.78, 5) is 4.16. The summed E-state index contributed by atoms with van der Waals surface area (Å²) in [6.07, 6.45) is 5.06. The Morgan fingerprint density at radius 3 is 2.79 bits per heavy atom. The van der Waals surface area contributed by atoms with Crippen molar-refractivity contribution in [3.8, 4) is 5.88 Å². The zero-order valence-corrected chi connectivity index (χ0v) is 16.7. The van der Waals surface area contributed by atoms with Gasteiger partial charge in [0.1, 0.15) is 0 Å². The molecule has 0 unspecified atom stereocenters. The number of ether oxygens (including phenoxy) is 1. The van der Waals surface area contributed by atoms with Crippen molar-refractivity contribution in [2.45, 2.75) is 25.5 Å². The molecule has 0 radical (unpaired) electrons. The van der Waals surface area contributed by atoms with Crippen LogP contribution in [0.5, 0.6) is 5.88 Å². The van der Waals surface area contributed by atoms with Crippen LogP contribution in [0.25, 0.3) is 5.65 Å². The van der Waals surface area contributed by atoms with Crippen molar-refractivity contribution in [1.82, 2.24) is 18.9 Å². The number of aryl methyl sites for hydroxylation is 1. The van der Waals surface area contributed by atoms with Gasteiger partial charge in [0, 0.05) is 31.5 Å². The highest BCUT2D eigenvalue weighted by Gasteiger charge is 2.28. The first-order valence-corrected chi connectivity index (χ1v) is 11.1. The third-order valence-corrected chi connectivity index (χ3v) is 6.95. The Labute approximate surface area is 165 Å². The summed E-state index contributed by atoms with van der Waals surface area (Å²) in [5.74, 6) is 0.940. The van der Waals surface area contributed by atoms with Gasteiger partial charge in [-0.05, 0) is 37.3 Å². The molecule has 8 heteroatoms. The number of hydrogen-bond acceptors (Lipinski definition) is 5. The average Bonchev–Trinajstić information content (AvgIpc) is 3.14. The lowest BCUT2D eigenvalue weighted by Gasteiger charge is -2.31. The summed E-state index contributed by atoms with van der Waals surface area (Å²) in [6, 6.07) is 11.4. The van der Waals surface area contributed by atoms with E-state index in [0.29, 0.717) is 31.5 Å². The van der Waals surface area contributed by atoms with Gasteiger partial charge in [-0.25, -0.2) is 22.2 Å². The van der Waals surface area contributed by atoms with Gasteiger partial charge < -0.3 is 4.74 Å². The Kier molecular flexibility index (Phi) is 5.32. The standard InChI is InChI=1S/C20H24N4O3S/c1-16-3-2-4-18(13-16)15-28(25,26)23-10-7-17(8-11-23)14-27-20-6-5-19-21-9-12-24(19)22-20/h2-6,9,12-13,17H,7-8,10-11,14-15H2,1H3. The molecule has 7 nitrogen and oxygen atoms in total. The van der Waals surface area contributed by atoms with E-state index in [2.05, 4.69) is 10.1 Å². The number of piperidine rings is 1. The number of benzene rings is 1. The number of rotatable bonds is 6. The number of fused-ring (bicyclic) bond motifs is 1. The molecule has 0 spiro atoms. The fraction of sp³-hybridized carbons (Fsp3) is 0.400. The summed E-state index contributed by atoms with van der Waals surface area (Å²) in [7, 11) is -3.29. The summed E-state index contributed by atoms with van der Waals surface area (Å²) in [5, 5.41) is 4.35. The highest BCUT2D eigenvalue weighted by molar-refractivity contribution is 7.88. The smallest absolute Gasteiger partial charge is 0.231 e. The van der Waals surface area contributed by atoms with E-state index in [9.17, 15) is 8.42 Å². The fourth-order valence-electron chi connectivity index (χ4n) is 3.54. The molecule has 28 heavy (non-hydrogen) atoms. The molecule has 0 saturated carbocycles. The number of sulfonamides is 1. The highest BCUT2D eigenvalue weighted by Crippen LogP contribution is 2.23. The van der Waals surface area contributed by atoms with E-state index in [4.69, 9.17) is 4.74 Å². The minimum absolute atomic E-state index is 0.0602. The molecule has 1 fully saturated rings. The molecule has 4 rings (SSSR count). The zero-order valence-electron chi connectivity index (χ0n) is 15.9. The average molecular weight is 401 g/mol. The van der Waals surface area contributed by atoms with E-state index >= 15 is 0 Å². The van der Waals surface area contributed by atoms with Crippen molar-refractivity contribution in [3.05, 3.63) is 59.9 Å². The van der Waals surface area contributed by atoms with Gasteiger partial charge in [0.15, 0.2) is 5.65 Å². The summed E-state index contributed by atoms with van der Waals surface area (Å²) in [5.41, 5.74) is 2.69. The lowest BCUT2D eigenvalue weighted by atomic mass is 9.99. The first-order valence-electron chi connectivity index (χ1n) is 9.46. The Bertz CT molecular complexity index is 1060. The van der Waals surface area contributed by atoms with Crippen LogP contribution in [0.4, 0.5) is 0 Å². The topological polar surface area (TPSA) is 76.8 Å². The molecule has 0 amide bonds. The van der Waals surface area contributed by atoms with Gasteiger partial charge in [-0.3, -0.25) is 0 Å². The van der Waals surface area contributed by atoms with Gasteiger partial charge in [-0.2, -0.15) is 0 Å². The lowest BCUT2D eigenvalue weighted by molar-refractivity contribution is 0.179. The molecule has 0 N–H and O–H groups in total. The molecule has 2 aromatic heterocycles. The minimum atomic E-state index is -3.29. The Balaban J connectivity index is 1.30. The van der Waals surface area contributed by atoms with E-state index in [1.165, 1.54) is 0 Å². The predicted octanol–water partition coefficient (Wildman–Crippen LogP) is 2.66. The maximum Gasteiger partial charge on any atom is 0.231 e. The van der Waals surface area contributed by atoms with Crippen LogP contribution < -0.4 is 4.74 Å². The lowest BCUT2D eigenvalue weighted by Crippen LogP contribution is -2.40. The second-order valence-electron chi connectivity index (χ2n) is 7.30. The van der Waals surface area contributed by atoms with Crippen molar-refractivity contribution in [3.63, 3.8) is 0 Å². The van der Waals surface area contributed by atoms with Crippen LogP contribution in [0.1, 0.15) is 24.0 Å². The monoisotopic (exact) mass is 400 g/mol. The van der Waals surface area contributed by atoms with Crippen LogP contribution in [-0.4, -0.2) is 47.0 Å². The minimum Gasteiger partial charge on any atom is -0.476 e. The van der Waals surface area contributed by atoms with Gasteiger partial charge >= 0.3 is 0 Å². The van der Waals surface area contributed by atoms with Crippen LogP contribution in [0.15, 0.2) is 48.8 Å². The second-order valence-corrected chi connectivity index (χ2v) is 9.27.